The minimum Gasteiger partial charge on any atom is -0.496 e. The Morgan fingerprint density at radius 3 is 2.52 bits per heavy atom. The Morgan fingerprint density at radius 2 is 1.89 bits per heavy atom. The number of carbonyl (C=O) groups is 1. The first-order valence-electron chi connectivity index (χ1n) is 8.03. The molecule has 1 amide bonds. The Labute approximate surface area is 155 Å². The van der Waals surface area contributed by atoms with Gasteiger partial charge in [0.1, 0.15) is 17.2 Å². The van der Waals surface area contributed by atoms with E-state index < -0.39 is 10.8 Å². The number of nitrogens with one attached hydrogen (secondary N) is 1. The van der Waals surface area contributed by atoms with Crippen molar-refractivity contribution in [3.63, 3.8) is 0 Å². The minimum absolute atomic E-state index is 0.0559. The maximum absolute atomic E-state index is 11.8. The molecule has 2 aromatic carbocycles. The van der Waals surface area contributed by atoms with Crippen molar-refractivity contribution in [2.45, 2.75) is 6.92 Å². The van der Waals surface area contributed by atoms with Gasteiger partial charge in [-0.2, -0.15) is 5.10 Å². The lowest BCUT2D eigenvalue weighted by Crippen LogP contribution is -2.24. The molecular formula is C18H19N3O6. The first-order valence-corrected chi connectivity index (χ1v) is 8.03. The van der Waals surface area contributed by atoms with E-state index in [-0.39, 0.29) is 12.3 Å². The number of hydrogen-bond acceptors (Lipinski definition) is 7. The van der Waals surface area contributed by atoms with Crippen LogP contribution in [0.25, 0.3) is 0 Å². The van der Waals surface area contributed by atoms with E-state index in [1.807, 2.05) is 6.92 Å². The predicted octanol–water partition coefficient (Wildman–Crippen LogP) is 2.53. The maximum atomic E-state index is 11.8. The summed E-state index contributed by atoms with van der Waals surface area (Å²) in [5.41, 5.74) is 2.92. The average molecular weight is 373 g/mol. The number of non-ortho nitro benzene ring substituents is 1. The molecule has 0 heterocycles. The maximum Gasteiger partial charge on any atom is 0.277 e. The molecule has 0 aromatic heterocycles. The second-order valence-corrected chi connectivity index (χ2v) is 5.17. The number of benzene rings is 2. The zero-order chi connectivity index (χ0) is 19.6. The van der Waals surface area contributed by atoms with Crippen molar-refractivity contribution in [2.75, 3.05) is 20.3 Å². The summed E-state index contributed by atoms with van der Waals surface area (Å²) in [6.07, 6.45) is 1.44. The van der Waals surface area contributed by atoms with Crippen LogP contribution < -0.4 is 19.6 Å². The molecule has 0 aliphatic heterocycles. The van der Waals surface area contributed by atoms with E-state index in [1.165, 1.54) is 37.6 Å². The lowest BCUT2D eigenvalue weighted by Gasteiger charge is -2.08. The molecule has 9 heteroatoms. The van der Waals surface area contributed by atoms with Gasteiger partial charge in [-0.1, -0.05) is 0 Å². The van der Waals surface area contributed by atoms with Gasteiger partial charge in [0.2, 0.25) is 0 Å². The van der Waals surface area contributed by atoms with E-state index in [1.54, 1.807) is 18.2 Å². The average Bonchev–Trinajstić information content (AvgIpc) is 2.67. The van der Waals surface area contributed by atoms with Crippen LogP contribution in [-0.4, -0.2) is 37.4 Å². The molecule has 0 unspecified atom stereocenters. The van der Waals surface area contributed by atoms with E-state index >= 15 is 0 Å². The molecule has 9 nitrogen and oxygen atoms in total. The summed E-state index contributed by atoms with van der Waals surface area (Å²) in [5, 5.41) is 14.5. The molecule has 0 saturated carbocycles. The number of nitro groups is 1. The van der Waals surface area contributed by atoms with Crippen LogP contribution in [0.15, 0.2) is 47.6 Å². The van der Waals surface area contributed by atoms with E-state index in [4.69, 9.17) is 14.2 Å². The number of nitrogens with zero attached hydrogens (tertiary/aromatic N) is 2. The van der Waals surface area contributed by atoms with Crippen molar-refractivity contribution >= 4 is 17.8 Å². The first kappa shape index (κ1) is 19.7. The highest BCUT2D eigenvalue weighted by Crippen LogP contribution is 2.22. The summed E-state index contributed by atoms with van der Waals surface area (Å²) in [5.74, 6) is 1.10. The van der Waals surface area contributed by atoms with Crippen molar-refractivity contribution in [3.8, 4) is 17.2 Å². The van der Waals surface area contributed by atoms with Gasteiger partial charge < -0.3 is 14.2 Å². The highest BCUT2D eigenvalue weighted by molar-refractivity contribution is 5.86. The fourth-order valence-electron chi connectivity index (χ4n) is 2.09. The zero-order valence-corrected chi connectivity index (χ0v) is 14.9. The molecule has 0 aliphatic rings. The Balaban J connectivity index is 1.89. The number of rotatable bonds is 9. The third-order valence-corrected chi connectivity index (χ3v) is 3.32. The number of amides is 1. The van der Waals surface area contributed by atoms with Crippen molar-refractivity contribution in [3.05, 3.63) is 58.1 Å². The first-order chi connectivity index (χ1) is 13.0. The second kappa shape index (κ2) is 9.76. The van der Waals surface area contributed by atoms with E-state index in [9.17, 15) is 14.9 Å². The third-order valence-electron chi connectivity index (χ3n) is 3.32. The number of hydrogen-bond donors (Lipinski definition) is 1. The molecule has 0 spiro atoms. The molecule has 0 atom stereocenters. The predicted molar refractivity (Wildman–Crippen MR) is 98.5 cm³/mol. The van der Waals surface area contributed by atoms with E-state index in [0.717, 1.165) is 0 Å². The van der Waals surface area contributed by atoms with Crippen LogP contribution in [-0.2, 0) is 4.79 Å². The molecule has 1 N–H and O–H groups in total. The van der Waals surface area contributed by atoms with Gasteiger partial charge in [0.25, 0.3) is 11.6 Å². The molecular weight excluding hydrogens is 354 g/mol. The molecule has 2 rings (SSSR count). The molecule has 2 aromatic rings. The van der Waals surface area contributed by atoms with Gasteiger partial charge in [-0.25, -0.2) is 5.43 Å². The van der Waals surface area contributed by atoms with E-state index in [0.29, 0.717) is 29.4 Å². The zero-order valence-electron chi connectivity index (χ0n) is 14.9. The van der Waals surface area contributed by atoms with Gasteiger partial charge in [-0.3, -0.25) is 14.9 Å². The van der Waals surface area contributed by atoms with Crippen molar-refractivity contribution in [2.24, 2.45) is 5.10 Å². The fraction of sp³-hybridized carbons (Fsp3) is 0.222. The van der Waals surface area contributed by atoms with Gasteiger partial charge >= 0.3 is 0 Å². The van der Waals surface area contributed by atoms with Gasteiger partial charge in [0.15, 0.2) is 6.61 Å². The largest absolute Gasteiger partial charge is 0.496 e. The molecule has 0 aliphatic carbocycles. The number of methoxy groups -OCH3 is 1. The monoisotopic (exact) mass is 373 g/mol. The van der Waals surface area contributed by atoms with Gasteiger partial charge in [0.05, 0.1) is 24.9 Å². The van der Waals surface area contributed by atoms with Crippen LogP contribution in [0.4, 0.5) is 5.69 Å². The Morgan fingerprint density at radius 1 is 1.19 bits per heavy atom. The lowest BCUT2D eigenvalue weighted by atomic mass is 10.2. The highest BCUT2D eigenvalue weighted by atomic mass is 16.6. The fourth-order valence-corrected chi connectivity index (χ4v) is 2.09. The van der Waals surface area contributed by atoms with Crippen LogP contribution >= 0.6 is 0 Å². The Bertz CT molecular complexity index is 820. The van der Waals surface area contributed by atoms with Gasteiger partial charge in [-0.15, -0.1) is 0 Å². The standard InChI is InChI=1S/C18H19N3O6/c1-3-26-16-8-9-17(25-2)13(10-16)11-19-20-18(22)12-27-15-6-4-14(5-7-15)21(23)24/h4-11H,3,12H2,1-2H3,(H,20,22)/b19-11-. The smallest absolute Gasteiger partial charge is 0.277 e. The normalized spacial score (nSPS) is 10.4. The topological polar surface area (TPSA) is 112 Å². The van der Waals surface area contributed by atoms with Crippen molar-refractivity contribution in [1.82, 2.24) is 5.43 Å². The van der Waals surface area contributed by atoms with Crippen LogP contribution in [0.3, 0.4) is 0 Å². The summed E-state index contributed by atoms with van der Waals surface area (Å²) in [7, 11) is 1.53. The quantitative estimate of drug-likeness (QED) is 0.411. The summed E-state index contributed by atoms with van der Waals surface area (Å²) in [6.45, 7) is 2.12. The van der Waals surface area contributed by atoms with Crippen LogP contribution in [0, 0.1) is 10.1 Å². The summed E-state index contributed by atoms with van der Waals surface area (Å²) < 4.78 is 15.9. The Hall–Kier alpha value is -3.62. The van der Waals surface area contributed by atoms with E-state index in [2.05, 4.69) is 10.5 Å². The summed E-state index contributed by atoms with van der Waals surface area (Å²) in [4.78, 5) is 21.9. The second-order valence-electron chi connectivity index (χ2n) is 5.17. The number of carbonyl (C=O) groups excluding carboxylic acids is 1. The molecule has 0 radical (unpaired) electrons. The van der Waals surface area contributed by atoms with Crippen LogP contribution in [0.2, 0.25) is 0 Å². The number of hydrazone groups is 1. The molecule has 0 bridgehead atoms. The van der Waals surface area contributed by atoms with Crippen molar-refractivity contribution < 1.29 is 23.9 Å². The molecule has 142 valence electrons. The number of nitro benzene ring substituents is 1. The number of ether oxygens (including phenoxy) is 3. The Kier molecular flexibility index (Phi) is 7.12. The third kappa shape index (κ3) is 5.99. The van der Waals surface area contributed by atoms with Gasteiger partial charge in [0, 0.05) is 17.7 Å². The molecule has 0 saturated heterocycles. The van der Waals surface area contributed by atoms with Crippen molar-refractivity contribution in [1.29, 1.82) is 0 Å². The lowest BCUT2D eigenvalue weighted by molar-refractivity contribution is -0.384. The van der Waals surface area contributed by atoms with Crippen LogP contribution in [0.5, 0.6) is 17.2 Å². The van der Waals surface area contributed by atoms with Crippen LogP contribution in [0.1, 0.15) is 12.5 Å². The molecule has 0 fully saturated rings. The molecule has 27 heavy (non-hydrogen) atoms. The highest BCUT2D eigenvalue weighted by Gasteiger charge is 2.07. The summed E-state index contributed by atoms with van der Waals surface area (Å²) >= 11 is 0. The SMILES string of the molecule is CCOc1ccc(OC)c(/C=N\NC(=O)COc2ccc([N+](=O)[O-])cc2)c1. The minimum atomic E-state index is -0.514. The van der Waals surface area contributed by atoms with Gasteiger partial charge in [-0.05, 0) is 37.3 Å². The summed E-state index contributed by atoms with van der Waals surface area (Å²) in [6, 6.07) is 10.7.